The molecule has 0 unspecified atom stereocenters. The van der Waals surface area contributed by atoms with Crippen LogP contribution in [0.25, 0.3) is 0 Å². The Morgan fingerprint density at radius 1 is 0.900 bits per heavy atom. The second-order valence-corrected chi connectivity index (χ2v) is 3.38. The molecule has 0 aliphatic heterocycles. The summed E-state index contributed by atoms with van der Waals surface area (Å²) in [6, 6.07) is 0. The van der Waals surface area contributed by atoms with Gasteiger partial charge in [-0.15, -0.1) is 0 Å². The molecule has 0 aromatic heterocycles. The maximum absolute atomic E-state index is 2.30. The fourth-order valence-corrected chi connectivity index (χ4v) is 1.32. The fourth-order valence-electron chi connectivity index (χ4n) is 1.32. The summed E-state index contributed by atoms with van der Waals surface area (Å²) in [7, 11) is 4.60. The summed E-state index contributed by atoms with van der Waals surface area (Å²) in [6.45, 7) is 7.12. The number of hydrogen-bond acceptors (Lipinski definition) is 0. The van der Waals surface area contributed by atoms with E-state index in [0.29, 0.717) is 0 Å². The second kappa shape index (κ2) is 5.66. The fraction of sp³-hybridized carbons (Fsp3) is 1.00. The van der Waals surface area contributed by atoms with Crippen molar-refractivity contribution in [3.63, 3.8) is 0 Å². The van der Waals surface area contributed by atoms with Crippen molar-refractivity contribution in [1.29, 1.82) is 0 Å². The van der Waals surface area contributed by atoms with Gasteiger partial charge < -0.3 is 9.19 Å². The van der Waals surface area contributed by atoms with E-state index in [9.17, 15) is 0 Å². The molecule has 0 N–H and O–H groups in total. The van der Waals surface area contributed by atoms with Gasteiger partial charge in [0.15, 0.2) is 0 Å². The van der Waals surface area contributed by atoms with Crippen molar-refractivity contribution < 1.29 is 9.19 Å². The second-order valence-electron chi connectivity index (χ2n) is 3.38. The number of rotatable bonds is 4. The van der Waals surface area contributed by atoms with Crippen molar-refractivity contribution >= 4 is 0 Å². The molecule has 0 radical (unpaired) electrons. The first-order chi connectivity index (χ1) is 4.12. The topological polar surface area (TPSA) is 0 Å². The normalized spacial score (nSPS) is 10.8. The standard InChI is InChI=1S/C8H20N.FH/c1-5-7-9(3,4)8-6-2;/h5-8H2,1-4H3;1H/q+1;/p-1. The van der Waals surface area contributed by atoms with Gasteiger partial charge in [0.25, 0.3) is 0 Å². The van der Waals surface area contributed by atoms with E-state index in [1.807, 2.05) is 0 Å². The van der Waals surface area contributed by atoms with Crippen LogP contribution in [0.15, 0.2) is 0 Å². The lowest BCUT2D eigenvalue weighted by atomic mass is 10.3. The number of quaternary nitrogens is 1. The molecule has 0 aromatic carbocycles. The third kappa shape index (κ3) is 6.02. The molecular formula is C8H20FN. The molecule has 0 aliphatic rings. The van der Waals surface area contributed by atoms with Gasteiger partial charge in [0.05, 0.1) is 27.2 Å². The maximum atomic E-state index is 2.30. The predicted octanol–water partition coefficient (Wildman–Crippen LogP) is -1.11. The van der Waals surface area contributed by atoms with Gasteiger partial charge in [0, 0.05) is 0 Å². The van der Waals surface area contributed by atoms with E-state index in [4.69, 9.17) is 0 Å². The van der Waals surface area contributed by atoms with Crippen LogP contribution >= 0.6 is 0 Å². The highest BCUT2D eigenvalue weighted by atomic mass is 19.0. The van der Waals surface area contributed by atoms with Gasteiger partial charge in [-0.2, -0.15) is 0 Å². The quantitative estimate of drug-likeness (QED) is 0.445. The minimum Gasteiger partial charge on any atom is -1.00 e. The molecule has 0 atom stereocenters. The molecular weight excluding hydrogens is 129 g/mol. The van der Waals surface area contributed by atoms with Crippen LogP contribution in [0.4, 0.5) is 0 Å². The molecule has 0 aliphatic carbocycles. The van der Waals surface area contributed by atoms with E-state index >= 15 is 0 Å². The van der Waals surface area contributed by atoms with Crippen LogP contribution in [0.5, 0.6) is 0 Å². The van der Waals surface area contributed by atoms with E-state index < -0.39 is 0 Å². The smallest absolute Gasteiger partial charge is 0.0779 e. The van der Waals surface area contributed by atoms with Crippen LogP contribution in [0.3, 0.4) is 0 Å². The third-order valence-corrected chi connectivity index (χ3v) is 1.66. The van der Waals surface area contributed by atoms with Gasteiger partial charge in [0.2, 0.25) is 0 Å². The highest BCUT2D eigenvalue weighted by Crippen LogP contribution is 1.99. The lowest BCUT2D eigenvalue weighted by molar-refractivity contribution is -0.890. The average molecular weight is 149 g/mol. The van der Waals surface area contributed by atoms with Gasteiger partial charge in [-0.25, -0.2) is 0 Å². The highest BCUT2D eigenvalue weighted by molar-refractivity contribution is 4.30. The number of hydrogen-bond donors (Lipinski definition) is 0. The molecule has 0 heterocycles. The maximum Gasteiger partial charge on any atom is 0.0779 e. The minimum absolute atomic E-state index is 0. The Morgan fingerprint density at radius 2 is 1.20 bits per heavy atom. The summed E-state index contributed by atoms with van der Waals surface area (Å²) in [4.78, 5) is 0. The molecule has 10 heavy (non-hydrogen) atoms. The van der Waals surface area contributed by atoms with Crippen LogP contribution in [0, 0.1) is 0 Å². The van der Waals surface area contributed by atoms with Crippen molar-refractivity contribution in [2.45, 2.75) is 26.7 Å². The van der Waals surface area contributed by atoms with Gasteiger partial charge in [0.1, 0.15) is 0 Å². The number of halogens is 1. The van der Waals surface area contributed by atoms with Crippen molar-refractivity contribution in [3.8, 4) is 0 Å². The van der Waals surface area contributed by atoms with Crippen LogP contribution < -0.4 is 4.70 Å². The monoisotopic (exact) mass is 149 g/mol. The minimum atomic E-state index is 0. The molecule has 1 nitrogen and oxygen atoms in total. The zero-order valence-corrected chi connectivity index (χ0v) is 7.65. The van der Waals surface area contributed by atoms with E-state index in [-0.39, 0.29) is 4.70 Å². The lowest BCUT2D eigenvalue weighted by Crippen LogP contribution is -3.00. The zero-order valence-electron chi connectivity index (χ0n) is 7.65. The molecule has 0 bridgehead atoms. The molecule has 64 valence electrons. The summed E-state index contributed by atoms with van der Waals surface area (Å²) in [5.41, 5.74) is 0. The first-order valence-electron chi connectivity index (χ1n) is 3.94. The van der Waals surface area contributed by atoms with Crippen molar-refractivity contribution in [1.82, 2.24) is 0 Å². The van der Waals surface area contributed by atoms with Crippen molar-refractivity contribution in [2.24, 2.45) is 0 Å². The molecule has 0 fully saturated rings. The van der Waals surface area contributed by atoms with Crippen molar-refractivity contribution in [2.75, 3.05) is 27.2 Å². The van der Waals surface area contributed by atoms with E-state index in [1.54, 1.807) is 0 Å². The third-order valence-electron chi connectivity index (χ3n) is 1.66. The molecule has 0 saturated heterocycles. The van der Waals surface area contributed by atoms with Gasteiger partial charge in [-0.3, -0.25) is 0 Å². The van der Waals surface area contributed by atoms with Crippen LogP contribution in [0.1, 0.15) is 26.7 Å². The molecule has 0 spiro atoms. The van der Waals surface area contributed by atoms with Gasteiger partial charge >= 0.3 is 0 Å². The zero-order chi connectivity index (χ0) is 7.33. The van der Waals surface area contributed by atoms with E-state index in [2.05, 4.69) is 27.9 Å². The lowest BCUT2D eigenvalue weighted by Gasteiger charge is -2.28. The predicted molar refractivity (Wildman–Crippen MR) is 42.4 cm³/mol. The SMILES string of the molecule is CCC[N+](C)(C)CCC.[F-]. The molecule has 0 amide bonds. The average Bonchev–Trinajstić information content (AvgIpc) is 1.64. The van der Waals surface area contributed by atoms with Crippen LogP contribution in [-0.4, -0.2) is 31.7 Å². The summed E-state index contributed by atoms with van der Waals surface area (Å²) >= 11 is 0. The Morgan fingerprint density at radius 3 is 1.40 bits per heavy atom. The molecule has 0 rings (SSSR count). The van der Waals surface area contributed by atoms with Crippen molar-refractivity contribution in [3.05, 3.63) is 0 Å². The van der Waals surface area contributed by atoms with Crippen LogP contribution in [0.2, 0.25) is 0 Å². The summed E-state index contributed by atoms with van der Waals surface area (Å²) < 4.78 is 1.19. The Balaban J connectivity index is 0. The number of nitrogens with zero attached hydrogens (tertiary/aromatic N) is 1. The van der Waals surface area contributed by atoms with Gasteiger partial charge in [-0.1, -0.05) is 13.8 Å². The Bertz CT molecular complexity index is 63.7. The Hall–Kier alpha value is -0.110. The molecule has 0 aromatic rings. The summed E-state index contributed by atoms with van der Waals surface area (Å²) in [5, 5.41) is 0. The molecule has 2 heteroatoms. The van der Waals surface area contributed by atoms with E-state index in [0.717, 1.165) is 0 Å². The molecule has 0 saturated carbocycles. The highest BCUT2D eigenvalue weighted by Gasteiger charge is 2.09. The van der Waals surface area contributed by atoms with Crippen LogP contribution in [-0.2, 0) is 0 Å². The Labute approximate surface area is 64.0 Å². The summed E-state index contributed by atoms with van der Waals surface area (Å²) in [6.07, 6.45) is 2.60. The Kier molecular flexibility index (Phi) is 7.10. The largest absolute Gasteiger partial charge is 1.00 e. The summed E-state index contributed by atoms with van der Waals surface area (Å²) in [5.74, 6) is 0. The first-order valence-corrected chi connectivity index (χ1v) is 3.94. The first kappa shape index (κ1) is 12.6. The van der Waals surface area contributed by atoms with Gasteiger partial charge in [-0.05, 0) is 12.8 Å². The van der Waals surface area contributed by atoms with E-state index in [1.165, 1.54) is 30.4 Å².